The molecule has 0 aromatic heterocycles. The molecule has 1 heterocycles. The second kappa shape index (κ2) is 9.47. The number of halogens is 1. The summed E-state index contributed by atoms with van der Waals surface area (Å²) in [5.41, 5.74) is 2.52. The zero-order valence-corrected chi connectivity index (χ0v) is 17.9. The van der Waals surface area contributed by atoms with Crippen LogP contribution in [0.3, 0.4) is 0 Å². The molecule has 6 nitrogen and oxygen atoms in total. The molecule has 0 aliphatic carbocycles. The normalized spacial score (nSPS) is 14.9. The van der Waals surface area contributed by atoms with Gasteiger partial charge in [-0.2, -0.15) is 0 Å². The third kappa shape index (κ3) is 4.60. The van der Waals surface area contributed by atoms with Crippen LogP contribution in [0, 0.1) is 5.82 Å². The van der Waals surface area contributed by atoms with Crippen molar-refractivity contribution in [1.82, 2.24) is 4.90 Å². The number of benzene rings is 2. The predicted molar refractivity (Wildman–Crippen MR) is 114 cm³/mol. The number of ether oxygens (including phenoxy) is 3. The van der Waals surface area contributed by atoms with Crippen LogP contribution in [0.15, 0.2) is 59.3 Å². The summed E-state index contributed by atoms with van der Waals surface area (Å²) in [6, 6.07) is 11.3. The SMILES string of the molecule is COC(=O)C1=C(C)N(CCc2ccc(OC)c(OC)c2)C(=O)/C1=C\c1ccc(F)cc1. The van der Waals surface area contributed by atoms with Crippen molar-refractivity contribution < 1.29 is 28.2 Å². The molecule has 0 unspecified atom stereocenters. The summed E-state index contributed by atoms with van der Waals surface area (Å²) in [6.45, 7) is 2.08. The van der Waals surface area contributed by atoms with E-state index >= 15 is 0 Å². The van der Waals surface area contributed by atoms with Crippen LogP contribution in [0.4, 0.5) is 4.39 Å². The van der Waals surface area contributed by atoms with Crippen molar-refractivity contribution in [3.8, 4) is 11.5 Å². The van der Waals surface area contributed by atoms with Crippen molar-refractivity contribution in [2.24, 2.45) is 0 Å². The van der Waals surface area contributed by atoms with Crippen molar-refractivity contribution in [3.63, 3.8) is 0 Å². The van der Waals surface area contributed by atoms with Crippen LogP contribution in [-0.2, 0) is 20.7 Å². The second-order valence-electron chi connectivity index (χ2n) is 6.96. The average molecular weight is 425 g/mol. The molecule has 0 saturated carbocycles. The van der Waals surface area contributed by atoms with E-state index in [1.807, 2.05) is 18.2 Å². The summed E-state index contributed by atoms with van der Waals surface area (Å²) < 4.78 is 28.7. The maximum Gasteiger partial charge on any atom is 0.340 e. The lowest BCUT2D eigenvalue weighted by Gasteiger charge is -2.18. The first-order valence-electron chi connectivity index (χ1n) is 9.69. The van der Waals surface area contributed by atoms with E-state index in [0.29, 0.717) is 35.7 Å². The molecule has 0 radical (unpaired) electrons. The molecule has 3 rings (SSSR count). The second-order valence-corrected chi connectivity index (χ2v) is 6.96. The number of hydrogen-bond donors (Lipinski definition) is 0. The van der Waals surface area contributed by atoms with Gasteiger partial charge in [-0.05, 0) is 54.8 Å². The van der Waals surface area contributed by atoms with Crippen molar-refractivity contribution in [2.45, 2.75) is 13.3 Å². The van der Waals surface area contributed by atoms with Crippen molar-refractivity contribution in [2.75, 3.05) is 27.9 Å². The monoisotopic (exact) mass is 425 g/mol. The molecule has 0 bridgehead atoms. The van der Waals surface area contributed by atoms with Crippen LogP contribution < -0.4 is 9.47 Å². The molecule has 0 fully saturated rings. The van der Waals surface area contributed by atoms with Crippen molar-refractivity contribution in [3.05, 3.63) is 76.3 Å². The standard InChI is InChI=1S/C24H24FNO5/c1-15-22(24(28)31-4)19(13-16-5-8-18(25)9-6-16)23(27)26(15)12-11-17-7-10-20(29-2)21(14-17)30-3/h5-10,13-14H,11-12H2,1-4H3/b19-13-. The first kappa shape index (κ1) is 22.1. The van der Waals surface area contributed by atoms with Gasteiger partial charge in [0.25, 0.3) is 5.91 Å². The Hall–Kier alpha value is -3.61. The Balaban J connectivity index is 1.89. The minimum atomic E-state index is -0.590. The van der Waals surface area contributed by atoms with Gasteiger partial charge in [0.2, 0.25) is 0 Å². The molecule has 1 aliphatic rings. The summed E-state index contributed by atoms with van der Waals surface area (Å²) in [5.74, 6) is -0.0453. The van der Waals surface area contributed by atoms with Crippen LogP contribution in [0.25, 0.3) is 6.08 Å². The number of methoxy groups -OCH3 is 3. The van der Waals surface area contributed by atoms with E-state index in [4.69, 9.17) is 14.2 Å². The highest BCUT2D eigenvalue weighted by Gasteiger charge is 2.36. The summed E-state index contributed by atoms with van der Waals surface area (Å²) in [4.78, 5) is 27.1. The number of carbonyl (C=O) groups is 2. The molecule has 162 valence electrons. The summed E-state index contributed by atoms with van der Waals surface area (Å²) >= 11 is 0. The minimum Gasteiger partial charge on any atom is -0.493 e. The quantitative estimate of drug-likeness (QED) is 0.499. The topological polar surface area (TPSA) is 65.1 Å². The molecule has 1 amide bonds. The highest BCUT2D eigenvalue weighted by atomic mass is 19.1. The average Bonchev–Trinajstić information content (AvgIpc) is 3.02. The molecular formula is C24H24FNO5. The van der Waals surface area contributed by atoms with Gasteiger partial charge in [-0.15, -0.1) is 0 Å². The molecule has 7 heteroatoms. The van der Waals surface area contributed by atoms with E-state index in [9.17, 15) is 14.0 Å². The molecule has 2 aromatic rings. The van der Waals surface area contributed by atoms with Crippen molar-refractivity contribution >= 4 is 18.0 Å². The largest absolute Gasteiger partial charge is 0.493 e. The first-order chi connectivity index (χ1) is 14.9. The van der Waals surface area contributed by atoms with Crippen LogP contribution in [-0.4, -0.2) is 44.7 Å². The Morgan fingerprint density at radius 1 is 1.03 bits per heavy atom. The lowest BCUT2D eigenvalue weighted by atomic mass is 10.0. The Kier molecular flexibility index (Phi) is 6.74. The lowest BCUT2D eigenvalue weighted by Crippen LogP contribution is -2.27. The lowest BCUT2D eigenvalue weighted by molar-refractivity contribution is -0.136. The van der Waals surface area contributed by atoms with Crippen molar-refractivity contribution in [1.29, 1.82) is 0 Å². The van der Waals surface area contributed by atoms with E-state index in [0.717, 1.165) is 5.56 Å². The molecule has 2 aromatic carbocycles. The molecule has 0 N–H and O–H groups in total. The molecule has 1 aliphatic heterocycles. The summed E-state index contributed by atoms with van der Waals surface area (Å²) in [6.07, 6.45) is 2.12. The van der Waals surface area contributed by atoms with Crippen LogP contribution in [0.5, 0.6) is 11.5 Å². The third-order valence-corrected chi connectivity index (χ3v) is 5.15. The summed E-state index contributed by atoms with van der Waals surface area (Å²) in [7, 11) is 4.40. The predicted octanol–water partition coefficient (Wildman–Crippen LogP) is 3.76. The van der Waals surface area contributed by atoms with Crippen LogP contribution >= 0.6 is 0 Å². The zero-order chi connectivity index (χ0) is 22.5. The number of hydrogen-bond acceptors (Lipinski definition) is 5. The number of nitrogens with zero attached hydrogens (tertiary/aromatic N) is 1. The fourth-order valence-corrected chi connectivity index (χ4v) is 3.50. The van der Waals surface area contributed by atoms with Gasteiger partial charge in [0.05, 0.1) is 32.5 Å². The van der Waals surface area contributed by atoms with E-state index in [1.165, 1.54) is 19.2 Å². The highest BCUT2D eigenvalue weighted by molar-refractivity contribution is 6.16. The molecule has 0 atom stereocenters. The zero-order valence-electron chi connectivity index (χ0n) is 17.9. The van der Waals surface area contributed by atoms with E-state index in [1.54, 1.807) is 44.3 Å². The Labute approximate surface area is 180 Å². The maximum atomic E-state index is 13.2. The highest BCUT2D eigenvalue weighted by Crippen LogP contribution is 2.32. The van der Waals surface area contributed by atoms with E-state index < -0.39 is 5.97 Å². The fraction of sp³-hybridized carbons (Fsp3) is 0.250. The minimum absolute atomic E-state index is 0.212. The van der Waals surface area contributed by atoms with Crippen LogP contribution in [0.2, 0.25) is 0 Å². The third-order valence-electron chi connectivity index (χ3n) is 5.15. The van der Waals surface area contributed by atoms with E-state index in [-0.39, 0.29) is 22.9 Å². The fourth-order valence-electron chi connectivity index (χ4n) is 3.50. The molecule has 31 heavy (non-hydrogen) atoms. The van der Waals surface area contributed by atoms with Gasteiger partial charge in [0, 0.05) is 12.2 Å². The summed E-state index contributed by atoms with van der Waals surface area (Å²) in [5, 5.41) is 0. The van der Waals surface area contributed by atoms with E-state index in [2.05, 4.69) is 0 Å². The number of rotatable bonds is 7. The number of esters is 1. The number of allylic oxidation sites excluding steroid dienone is 1. The number of amides is 1. The van der Waals surface area contributed by atoms with Gasteiger partial charge in [0.1, 0.15) is 5.82 Å². The molecule has 0 spiro atoms. The van der Waals surface area contributed by atoms with Crippen LogP contribution in [0.1, 0.15) is 18.1 Å². The van der Waals surface area contributed by atoms with Gasteiger partial charge in [-0.25, -0.2) is 9.18 Å². The van der Waals surface area contributed by atoms with Gasteiger partial charge in [0.15, 0.2) is 11.5 Å². The first-order valence-corrected chi connectivity index (χ1v) is 9.69. The molecule has 0 saturated heterocycles. The van der Waals surface area contributed by atoms with Gasteiger partial charge in [-0.1, -0.05) is 18.2 Å². The van der Waals surface area contributed by atoms with Gasteiger partial charge >= 0.3 is 5.97 Å². The molecular weight excluding hydrogens is 401 g/mol. The smallest absolute Gasteiger partial charge is 0.340 e. The number of carbonyl (C=O) groups excluding carboxylic acids is 2. The Bertz CT molecular complexity index is 1060. The maximum absolute atomic E-state index is 13.2. The van der Waals surface area contributed by atoms with Gasteiger partial charge < -0.3 is 19.1 Å². The van der Waals surface area contributed by atoms with Gasteiger partial charge in [-0.3, -0.25) is 4.79 Å². The Morgan fingerprint density at radius 3 is 2.32 bits per heavy atom. The Morgan fingerprint density at radius 2 is 1.71 bits per heavy atom.